The van der Waals surface area contributed by atoms with Gasteiger partial charge in [0.2, 0.25) is 0 Å². The van der Waals surface area contributed by atoms with Crippen molar-refractivity contribution in [3.63, 3.8) is 0 Å². The predicted molar refractivity (Wildman–Crippen MR) is 56.0 cm³/mol. The fraction of sp³-hybridized carbons (Fsp3) is 0.500. The highest BCUT2D eigenvalue weighted by Gasteiger charge is 2.20. The molecule has 0 atom stereocenters. The molecule has 12 heavy (non-hydrogen) atoms. The third-order valence-corrected chi connectivity index (χ3v) is 4.02. The van der Waals surface area contributed by atoms with Gasteiger partial charge in [-0.05, 0) is 54.1 Å². The lowest BCUT2D eigenvalue weighted by atomic mass is 10.00. The zero-order valence-corrected chi connectivity index (χ0v) is 9.61. The molecule has 0 fully saturated rings. The van der Waals surface area contributed by atoms with Crippen LogP contribution in [0.1, 0.15) is 24.3 Å². The summed E-state index contributed by atoms with van der Waals surface area (Å²) in [6.07, 6.45) is 0. The fourth-order valence-electron chi connectivity index (χ4n) is 1.10. The Morgan fingerprint density at radius 3 is 2.42 bits per heavy atom. The molecular formula is C8H11ClOS2. The molecule has 0 radical (unpaired) electrons. The van der Waals surface area contributed by atoms with Crippen molar-refractivity contribution in [1.82, 2.24) is 0 Å². The summed E-state index contributed by atoms with van der Waals surface area (Å²) in [6, 6.07) is 1.94. The lowest BCUT2D eigenvalue weighted by Crippen LogP contribution is -2.15. The van der Waals surface area contributed by atoms with Gasteiger partial charge in [-0.15, -0.1) is 11.3 Å². The zero-order chi connectivity index (χ0) is 9.35. The second-order valence-corrected chi connectivity index (χ2v) is 5.74. The van der Waals surface area contributed by atoms with Gasteiger partial charge in [0, 0.05) is 4.88 Å². The van der Waals surface area contributed by atoms with Crippen LogP contribution < -0.4 is 0 Å². The van der Waals surface area contributed by atoms with Gasteiger partial charge in [0.15, 0.2) is 0 Å². The van der Waals surface area contributed by atoms with Crippen molar-refractivity contribution in [2.45, 2.75) is 30.6 Å². The maximum Gasteiger partial charge on any atom is 0.0851 e. The topological polar surface area (TPSA) is 20.2 Å². The SMILES string of the molecule is Cc1sc(SCl)cc1C(C)(C)O. The van der Waals surface area contributed by atoms with E-state index in [0.29, 0.717) is 0 Å². The number of aryl methyl sites for hydroxylation is 1. The van der Waals surface area contributed by atoms with Crippen LogP contribution in [0, 0.1) is 6.92 Å². The highest BCUT2D eigenvalue weighted by Crippen LogP contribution is 2.36. The first kappa shape index (κ1) is 10.4. The van der Waals surface area contributed by atoms with Gasteiger partial charge in [-0.1, -0.05) is 0 Å². The van der Waals surface area contributed by atoms with Crippen LogP contribution in [0.5, 0.6) is 0 Å². The number of hydrogen-bond donors (Lipinski definition) is 1. The average molecular weight is 223 g/mol. The Kier molecular flexibility index (Phi) is 3.10. The maximum absolute atomic E-state index is 9.73. The quantitative estimate of drug-likeness (QED) is 0.826. The van der Waals surface area contributed by atoms with E-state index in [1.165, 1.54) is 11.0 Å². The molecule has 0 bridgehead atoms. The zero-order valence-electron chi connectivity index (χ0n) is 7.22. The van der Waals surface area contributed by atoms with Crippen LogP contribution in [0.3, 0.4) is 0 Å². The summed E-state index contributed by atoms with van der Waals surface area (Å²) in [5, 5.41) is 9.73. The second-order valence-electron chi connectivity index (χ2n) is 3.17. The minimum atomic E-state index is -0.758. The van der Waals surface area contributed by atoms with Crippen LogP contribution >= 0.6 is 33.0 Å². The molecule has 1 heterocycles. The van der Waals surface area contributed by atoms with E-state index in [-0.39, 0.29) is 0 Å². The Hall–Kier alpha value is 0.300. The molecule has 0 saturated carbocycles. The monoisotopic (exact) mass is 222 g/mol. The van der Waals surface area contributed by atoms with E-state index in [1.54, 1.807) is 25.2 Å². The third kappa shape index (κ3) is 2.16. The summed E-state index contributed by atoms with van der Waals surface area (Å²) < 4.78 is 1.03. The van der Waals surface area contributed by atoms with Crippen LogP contribution in [0.25, 0.3) is 0 Å². The van der Waals surface area contributed by atoms with Gasteiger partial charge in [0.05, 0.1) is 9.81 Å². The minimum Gasteiger partial charge on any atom is -0.386 e. The standard InChI is InChI=1S/C8H11ClOS2/c1-5-6(8(2,3)10)4-7(11-5)12-9/h4,10H,1-3H3. The van der Waals surface area contributed by atoms with Gasteiger partial charge in [0.25, 0.3) is 0 Å². The van der Waals surface area contributed by atoms with E-state index < -0.39 is 5.60 Å². The van der Waals surface area contributed by atoms with Crippen molar-refractivity contribution < 1.29 is 5.11 Å². The van der Waals surface area contributed by atoms with E-state index in [9.17, 15) is 5.11 Å². The summed E-state index contributed by atoms with van der Waals surface area (Å²) in [4.78, 5) is 1.13. The van der Waals surface area contributed by atoms with Gasteiger partial charge in [-0.25, -0.2) is 0 Å². The lowest BCUT2D eigenvalue weighted by molar-refractivity contribution is 0.0783. The van der Waals surface area contributed by atoms with Gasteiger partial charge in [0.1, 0.15) is 0 Å². The molecule has 0 aliphatic rings. The molecule has 1 aromatic heterocycles. The Balaban J connectivity index is 3.08. The van der Waals surface area contributed by atoms with Gasteiger partial charge >= 0.3 is 0 Å². The van der Waals surface area contributed by atoms with Gasteiger partial charge in [-0.3, -0.25) is 0 Å². The summed E-state index contributed by atoms with van der Waals surface area (Å²) in [5.41, 5.74) is 0.210. The molecule has 0 aromatic carbocycles. The molecule has 1 N–H and O–H groups in total. The molecule has 1 rings (SSSR count). The number of aliphatic hydroxyl groups is 1. The number of thiophene rings is 1. The molecule has 0 amide bonds. The molecule has 0 spiro atoms. The van der Waals surface area contributed by atoms with Crippen LogP contribution in [0.2, 0.25) is 0 Å². The van der Waals surface area contributed by atoms with E-state index in [2.05, 4.69) is 0 Å². The summed E-state index contributed by atoms with van der Waals surface area (Å²) >= 11 is 1.61. The fourth-order valence-corrected chi connectivity index (χ4v) is 3.08. The van der Waals surface area contributed by atoms with Crippen molar-refractivity contribution in [3.8, 4) is 0 Å². The second kappa shape index (κ2) is 3.58. The highest BCUT2D eigenvalue weighted by molar-refractivity contribution is 8.22. The molecule has 0 aliphatic carbocycles. The van der Waals surface area contributed by atoms with Gasteiger partial charge in [-0.2, -0.15) is 0 Å². The lowest BCUT2D eigenvalue weighted by Gasteiger charge is -2.16. The molecular weight excluding hydrogens is 212 g/mol. The van der Waals surface area contributed by atoms with Crippen LogP contribution in [-0.2, 0) is 5.60 Å². The molecule has 4 heteroatoms. The van der Waals surface area contributed by atoms with Crippen LogP contribution in [0.15, 0.2) is 10.3 Å². The number of hydrogen-bond acceptors (Lipinski definition) is 3. The van der Waals surface area contributed by atoms with Gasteiger partial charge < -0.3 is 5.11 Å². The largest absolute Gasteiger partial charge is 0.386 e. The maximum atomic E-state index is 9.73. The van der Waals surface area contributed by atoms with E-state index in [1.807, 2.05) is 13.0 Å². The molecule has 1 nitrogen and oxygen atoms in total. The Bertz CT molecular complexity index is 275. The van der Waals surface area contributed by atoms with E-state index in [4.69, 9.17) is 10.7 Å². The predicted octanol–water partition coefficient (Wildman–Crippen LogP) is 3.53. The van der Waals surface area contributed by atoms with Crippen molar-refractivity contribution in [3.05, 3.63) is 16.5 Å². The van der Waals surface area contributed by atoms with Crippen molar-refractivity contribution in [1.29, 1.82) is 0 Å². The minimum absolute atomic E-state index is 0.758. The molecule has 1 aromatic rings. The molecule has 68 valence electrons. The van der Waals surface area contributed by atoms with E-state index in [0.717, 1.165) is 14.6 Å². The third-order valence-electron chi connectivity index (χ3n) is 1.63. The van der Waals surface area contributed by atoms with Crippen LogP contribution in [0.4, 0.5) is 0 Å². The first-order valence-electron chi connectivity index (χ1n) is 3.57. The highest BCUT2D eigenvalue weighted by atomic mass is 35.7. The first-order chi connectivity index (χ1) is 5.45. The number of rotatable bonds is 2. The Labute approximate surface area is 85.3 Å². The van der Waals surface area contributed by atoms with Crippen molar-refractivity contribution in [2.75, 3.05) is 0 Å². The first-order valence-corrected chi connectivity index (χ1v) is 6.03. The Morgan fingerprint density at radius 2 is 2.17 bits per heavy atom. The average Bonchev–Trinajstić information content (AvgIpc) is 2.29. The normalized spacial score (nSPS) is 12.1. The summed E-state index contributed by atoms with van der Waals surface area (Å²) in [7, 11) is 6.81. The molecule has 0 unspecified atom stereocenters. The molecule has 0 aliphatic heterocycles. The Morgan fingerprint density at radius 1 is 1.58 bits per heavy atom. The van der Waals surface area contributed by atoms with Crippen molar-refractivity contribution >= 4 is 33.0 Å². The molecule has 0 saturated heterocycles. The van der Waals surface area contributed by atoms with Crippen molar-refractivity contribution in [2.24, 2.45) is 0 Å². The smallest absolute Gasteiger partial charge is 0.0851 e. The van der Waals surface area contributed by atoms with E-state index >= 15 is 0 Å². The summed E-state index contributed by atoms with van der Waals surface area (Å²) in [5.74, 6) is 0. The van der Waals surface area contributed by atoms with Crippen LogP contribution in [-0.4, -0.2) is 5.11 Å². The number of halogens is 1. The summed E-state index contributed by atoms with van der Waals surface area (Å²) in [6.45, 7) is 5.56.